The summed E-state index contributed by atoms with van der Waals surface area (Å²) >= 11 is 0. The first-order chi connectivity index (χ1) is 19.0. The predicted molar refractivity (Wildman–Crippen MR) is 156 cm³/mol. The Balaban J connectivity index is 4.62. The van der Waals surface area contributed by atoms with Crippen molar-refractivity contribution in [2.45, 2.75) is 135 Å². The molecule has 40 heavy (non-hydrogen) atoms. The van der Waals surface area contributed by atoms with Crippen LogP contribution in [0.5, 0.6) is 0 Å². The molecule has 0 radical (unpaired) electrons. The predicted octanol–water partition coefficient (Wildman–Crippen LogP) is 5.79. The number of aliphatic hydroxyl groups excluding tert-OH is 1. The highest BCUT2D eigenvalue weighted by Crippen LogP contribution is 2.19. The van der Waals surface area contributed by atoms with E-state index < -0.39 is 29.9 Å². The van der Waals surface area contributed by atoms with Crippen LogP contribution in [0.15, 0.2) is 0 Å². The second-order valence-electron chi connectivity index (χ2n) is 11.9. The van der Waals surface area contributed by atoms with E-state index in [0.29, 0.717) is 19.1 Å². The van der Waals surface area contributed by atoms with Crippen molar-refractivity contribution >= 4 is 6.09 Å². The summed E-state index contributed by atoms with van der Waals surface area (Å²) in [6.07, 6.45) is 9.86. The molecule has 0 bridgehead atoms. The minimum Gasteiger partial charge on any atom is -0.444 e. The summed E-state index contributed by atoms with van der Waals surface area (Å²) in [6.45, 7) is 10.3. The van der Waals surface area contributed by atoms with Crippen molar-refractivity contribution in [3.05, 3.63) is 0 Å². The van der Waals surface area contributed by atoms with Crippen LogP contribution in [0.3, 0.4) is 0 Å². The largest absolute Gasteiger partial charge is 0.444 e. The topological polar surface area (TPSA) is 114 Å². The van der Waals surface area contributed by atoms with E-state index in [4.69, 9.17) is 33.2 Å². The van der Waals surface area contributed by atoms with Crippen molar-refractivity contribution in [2.75, 3.05) is 48.3 Å². The molecular formula is C30H61NO9. The van der Waals surface area contributed by atoms with Gasteiger partial charge >= 0.3 is 6.09 Å². The van der Waals surface area contributed by atoms with E-state index in [1.165, 1.54) is 46.3 Å². The van der Waals surface area contributed by atoms with Crippen molar-refractivity contribution in [3.63, 3.8) is 0 Å². The molecule has 0 aromatic rings. The zero-order valence-electron chi connectivity index (χ0n) is 26.7. The Morgan fingerprint density at radius 1 is 0.775 bits per heavy atom. The fourth-order valence-corrected chi connectivity index (χ4v) is 4.52. The molecule has 240 valence electrons. The molecule has 1 amide bonds. The minimum atomic E-state index is -0.981. The first-order valence-electron chi connectivity index (χ1n) is 15.0. The van der Waals surface area contributed by atoms with Crippen LogP contribution < -0.4 is 5.32 Å². The van der Waals surface area contributed by atoms with Crippen molar-refractivity contribution in [1.82, 2.24) is 5.32 Å². The molecule has 0 rings (SSSR count). The maximum absolute atomic E-state index is 12.6. The standard InChI is InChI=1S/C30H61NO9/c1-24(2)19-25(38-22-35-7)17-15-13-11-9-10-12-14-16-18-26(31-29(33)40-30(3,4)5)28(39-23-36-8)27(32)20-37-21-34-6/h24-28,32H,9-23H2,1-8H3,(H,31,33)/t25-,26-,27+,28+/m0/s1. The molecule has 0 saturated carbocycles. The van der Waals surface area contributed by atoms with Crippen molar-refractivity contribution in [1.29, 1.82) is 0 Å². The molecule has 0 unspecified atom stereocenters. The molecule has 10 heteroatoms. The molecule has 4 atom stereocenters. The van der Waals surface area contributed by atoms with Gasteiger partial charge in [0.05, 0.1) is 18.8 Å². The average molecular weight is 580 g/mol. The van der Waals surface area contributed by atoms with Gasteiger partial charge in [0.25, 0.3) is 0 Å². The lowest BCUT2D eigenvalue weighted by Gasteiger charge is -2.32. The van der Waals surface area contributed by atoms with E-state index in [0.717, 1.165) is 32.1 Å². The van der Waals surface area contributed by atoms with Gasteiger partial charge < -0.3 is 43.6 Å². The summed E-state index contributed by atoms with van der Waals surface area (Å²) in [6, 6.07) is -0.467. The molecule has 0 saturated heterocycles. The Morgan fingerprint density at radius 2 is 1.30 bits per heavy atom. The molecule has 0 aliphatic carbocycles. The number of rotatable bonds is 26. The average Bonchev–Trinajstić information content (AvgIpc) is 2.86. The second kappa shape index (κ2) is 24.6. The zero-order chi connectivity index (χ0) is 30.2. The van der Waals surface area contributed by atoms with Gasteiger partial charge in [0, 0.05) is 21.3 Å². The molecule has 2 N–H and O–H groups in total. The minimum absolute atomic E-state index is 0.00540. The maximum atomic E-state index is 12.6. The first-order valence-corrected chi connectivity index (χ1v) is 15.0. The number of ether oxygens (including phenoxy) is 7. The number of unbranched alkanes of at least 4 members (excludes halogenated alkanes) is 7. The molecule has 0 aromatic carbocycles. The third kappa shape index (κ3) is 22.7. The smallest absolute Gasteiger partial charge is 0.407 e. The number of amides is 1. The Kier molecular flexibility index (Phi) is 24.0. The molecular weight excluding hydrogens is 518 g/mol. The zero-order valence-corrected chi connectivity index (χ0v) is 26.7. The lowest BCUT2D eigenvalue weighted by atomic mass is 9.98. The van der Waals surface area contributed by atoms with Crippen molar-refractivity contribution in [2.24, 2.45) is 5.92 Å². The Bertz CT molecular complexity index is 586. The van der Waals surface area contributed by atoms with Gasteiger partial charge in [-0.05, 0) is 46.0 Å². The van der Waals surface area contributed by atoms with E-state index >= 15 is 0 Å². The fraction of sp³-hybridized carbons (Fsp3) is 0.967. The van der Waals surface area contributed by atoms with E-state index in [2.05, 4.69) is 19.2 Å². The van der Waals surface area contributed by atoms with Gasteiger partial charge in [-0.15, -0.1) is 0 Å². The lowest BCUT2D eigenvalue weighted by molar-refractivity contribution is -0.149. The Labute approximate surface area is 244 Å². The third-order valence-corrected chi connectivity index (χ3v) is 6.29. The summed E-state index contributed by atoms with van der Waals surface area (Å²) in [4.78, 5) is 12.6. The third-order valence-electron chi connectivity index (χ3n) is 6.29. The number of aliphatic hydroxyl groups is 1. The van der Waals surface area contributed by atoms with Crippen molar-refractivity contribution < 1.29 is 43.1 Å². The Morgan fingerprint density at radius 3 is 1.82 bits per heavy atom. The number of alkyl carbamates (subject to hydrolysis) is 1. The lowest BCUT2D eigenvalue weighted by Crippen LogP contribution is -2.52. The van der Waals surface area contributed by atoms with Gasteiger partial charge in [-0.2, -0.15) is 0 Å². The van der Waals surface area contributed by atoms with Gasteiger partial charge in [0.2, 0.25) is 0 Å². The summed E-state index contributed by atoms with van der Waals surface area (Å²) in [5.41, 5.74) is -0.635. The van der Waals surface area contributed by atoms with Gasteiger partial charge in [-0.3, -0.25) is 0 Å². The van der Waals surface area contributed by atoms with E-state index in [9.17, 15) is 9.90 Å². The van der Waals surface area contributed by atoms with Crippen LogP contribution in [0, 0.1) is 5.92 Å². The molecule has 0 heterocycles. The maximum Gasteiger partial charge on any atom is 0.407 e. The first kappa shape index (κ1) is 39.0. The molecule has 0 aliphatic heterocycles. The van der Waals surface area contributed by atoms with Crippen LogP contribution in [-0.2, 0) is 33.2 Å². The van der Waals surface area contributed by atoms with Gasteiger partial charge in [-0.1, -0.05) is 65.2 Å². The van der Waals surface area contributed by atoms with Crippen LogP contribution >= 0.6 is 0 Å². The number of carbonyl (C=O) groups excluding carboxylic acids is 1. The SMILES string of the molecule is COCOC[C@@H](O)[C@H](OCOC)[C@H](CCCCCCCCCC[C@@H](CC(C)C)OCOC)NC(=O)OC(C)(C)C. The van der Waals surface area contributed by atoms with E-state index in [1.807, 2.05) is 20.8 Å². The molecule has 0 spiro atoms. The monoisotopic (exact) mass is 579 g/mol. The van der Waals surface area contributed by atoms with Gasteiger partial charge in [0.15, 0.2) is 0 Å². The van der Waals surface area contributed by atoms with Crippen LogP contribution in [0.1, 0.15) is 105 Å². The Hall–Kier alpha value is -1.01. The second-order valence-corrected chi connectivity index (χ2v) is 11.9. The van der Waals surface area contributed by atoms with Crippen LogP contribution in [-0.4, -0.2) is 89.5 Å². The normalized spacial score (nSPS) is 15.2. The highest BCUT2D eigenvalue weighted by atomic mass is 16.7. The fourth-order valence-electron chi connectivity index (χ4n) is 4.52. The molecule has 0 aromatic heterocycles. The number of nitrogens with one attached hydrogen (secondary N) is 1. The van der Waals surface area contributed by atoms with Gasteiger partial charge in [0.1, 0.15) is 38.2 Å². The highest BCUT2D eigenvalue weighted by Gasteiger charge is 2.32. The molecule has 0 aliphatic rings. The summed E-state index contributed by atoms with van der Waals surface area (Å²) < 4.78 is 37.5. The highest BCUT2D eigenvalue weighted by molar-refractivity contribution is 5.68. The van der Waals surface area contributed by atoms with Crippen molar-refractivity contribution in [3.8, 4) is 0 Å². The van der Waals surface area contributed by atoms with Crippen LogP contribution in [0.4, 0.5) is 4.79 Å². The molecule has 10 nitrogen and oxygen atoms in total. The van der Waals surface area contributed by atoms with E-state index in [-0.39, 0.29) is 26.3 Å². The number of methoxy groups -OCH3 is 3. The van der Waals surface area contributed by atoms with Crippen LogP contribution in [0.25, 0.3) is 0 Å². The van der Waals surface area contributed by atoms with E-state index in [1.54, 1.807) is 7.11 Å². The summed E-state index contributed by atoms with van der Waals surface area (Å²) in [7, 11) is 4.70. The number of hydrogen-bond acceptors (Lipinski definition) is 9. The number of hydrogen-bond donors (Lipinski definition) is 2. The number of carbonyl (C=O) groups is 1. The quantitative estimate of drug-likeness (QED) is 0.0971. The molecule has 0 fully saturated rings. The summed E-state index contributed by atoms with van der Waals surface area (Å²) in [5.74, 6) is 0.620. The van der Waals surface area contributed by atoms with Crippen LogP contribution in [0.2, 0.25) is 0 Å². The summed E-state index contributed by atoms with van der Waals surface area (Å²) in [5, 5.41) is 13.7. The van der Waals surface area contributed by atoms with Gasteiger partial charge in [-0.25, -0.2) is 4.79 Å².